The molecule has 1 heterocycles. The lowest BCUT2D eigenvalue weighted by molar-refractivity contribution is -0.384. The first-order valence-corrected chi connectivity index (χ1v) is 6.18. The van der Waals surface area contributed by atoms with E-state index < -0.39 is 0 Å². The zero-order chi connectivity index (χ0) is 12.3. The normalized spacial score (nSPS) is 20.6. The van der Waals surface area contributed by atoms with Crippen LogP contribution < -0.4 is 0 Å². The Kier molecular flexibility index (Phi) is 3.74. The summed E-state index contributed by atoms with van der Waals surface area (Å²) < 4.78 is 0. The van der Waals surface area contributed by atoms with Gasteiger partial charge in [-0.2, -0.15) is 0 Å². The van der Waals surface area contributed by atoms with E-state index in [2.05, 4.69) is 11.8 Å². The maximum Gasteiger partial charge on any atom is 0.269 e. The molecular formula is C13H18N2O2. The van der Waals surface area contributed by atoms with Crippen LogP contribution in [-0.2, 0) is 6.54 Å². The summed E-state index contributed by atoms with van der Waals surface area (Å²) in [6.07, 6.45) is 3.74. The van der Waals surface area contributed by atoms with E-state index >= 15 is 0 Å². The average Bonchev–Trinajstić information content (AvgIpc) is 2.77. The van der Waals surface area contributed by atoms with Crippen molar-refractivity contribution in [2.45, 2.75) is 38.8 Å². The van der Waals surface area contributed by atoms with Crippen LogP contribution in [0.1, 0.15) is 31.7 Å². The van der Waals surface area contributed by atoms with Crippen molar-refractivity contribution in [2.24, 2.45) is 0 Å². The van der Waals surface area contributed by atoms with Crippen molar-refractivity contribution in [3.05, 3.63) is 39.9 Å². The van der Waals surface area contributed by atoms with Gasteiger partial charge in [-0.05, 0) is 31.4 Å². The van der Waals surface area contributed by atoms with Gasteiger partial charge in [-0.1, -0.05) is 19.1 Å². The Balaban J connectivity index is 2.01. The summed E-state index contributed by atoms with van der Waals surface area (Å²) in [6.45, 7) is 4.28. The predicted molar refractivity (Wildman–Crippen MR) is 66.8 cm³/mol. The highest BCUT2D eigenvalue weighted by molar-refractivity contribution is 5.32. The fourth-order valence-corrected chi connectivity index (χ4v) is 2.52. The molecule has 92 valence electrons. The minimum Gasteiger partial charge on any atom is -0.296 e. The summed E-state index contributed by atoms with van der Waals surface area (Å²) in [7, 11) is 0. The van der Waals surface area contributed by atoms with Crippen molar-refractivity contribution < 1.29 is 4.92 Å². The summed E-state index contributed by atoms with van der Waals surface area (Å²) >= 11 is 0. The van der Waals surface area contributed by atoms with Crippen molar-refractivity contribution in [1.29, 1.82) is 0 Å². The van der Waals surface area contributed by atoms with Crippen LogP contribution in [0.25, 0.3) is 0 Å². The van der Waals surface area contributed by atoms with Gasteiger partial charge in [0.15, 0.2) is 0 Å². The molecule has 4 heteroatoms. The van der Waals surface area contributed by atoms with Gasteiger partial charge in [0.25, 0.3) is 5.69 Å². The molecule has 0 aliphatic carbocycles. The van der Waals surface area contributed by atoms with Crippen molar-refractivity contribution in [3.8, 4) is 0 Å². The standard InChI is InChI=1S/C13H18N2O2/c1-2-12-4-3-9-14(12)10-11-5-7-13(8-6-11)15(16)17/h5-8,12H,2-4,9-10H2,1H3/t12-/m0/s1. The van der Waals surface area contributed by atoms with E-state index in [1.807, 2.05) is 12.1 Å². The number of non-ortho nitro benzene ring substituents is 1. The number of hydrogen-bond acceptors (Lipinski definition) is 3. The highest BCUT2D eigenvalue weighted by atomic mass is 16.6. The molecule has 0 amide bonds. The van der Waals surface area contributed by atoms with Crippen LogP contribution in [0.3, 0.4) is 0 Å². The van der Waals surface area contributed by atoms with E-state index in [1.165, 1.54) is 19.3 Å². The molecule has 0 aromatic heterocycles. The lowest BCUT2D eigenvalue weighted by Gasteiger charge is -2.23. The average molecular weight is 234 g/mol. The van der Waals surface area contributed by atoms with Gasteiger partial charge in [0.2, 0.25) is 0 Å². The van der Waals surface area contributed by atoms with Crippen LogP contribution >= 0.6 is 0 Å². The summed E-state index contributed by atoms with van der Waals surface area (Å²) in [6, 6.07) is 7.59. The zero-order valence-corrected chi connectivity index (χ0v) is 10.1. The first-order chi connectivity index (χ1) is 8.20. The SMILES string of the molecule is CC[C@H]1CCCN1Cc1ccc([N+](=O)[O-])cc1. The second-order valence-corrected chi connectivity index (χ2v) is 4.60. The highest BCUT2D eigenvalue weighted by Gasteiger charge is 2.22. The Morgan fingerprint density at radius 3 is 2.71 bits per heavy atom. The Morgan fingerprint density at radius 1 is 1.41 bits per heavy atom. The Labute approximate surface area is 101 Å². The minimum atomic E-state index is -0.353. The smallest absolute Gasteiger partial charge is 0.269 e. The van der Waals surface area contributed by atoms with E-state index in [4.69, 9.17) is 0 Å². The molecule has 0 bridgehead atoms. The minimum absolute atomic E-state index is 0.169. The zero-order valence-electron chi connectivity index (χ0n) is 10.1. The molecule has 1 aromatic rings. The van der Waals surface area contributed by atoms with Gasteiger partial charge in [-0.3, -0.25) is 15.0 Å². The van der Waals surface area contributed by atoms with E-state index in [0.717, 1.165) is 18.7 Å². The number of nitrogens with zero attached hydrogens (tertiary/aromatic N) is 2. The monoisotopic (exact) mass is 234 g/mol. The van der Waals surface area contributed by atoms with Gasteiger partial charge in [-0.25, -0.2) is 0 Å². The Bertz CT molecular complexity index is 389. The van der Waals surface area contributed by atoms with Crippen LogP contribution in [-0.4, -0.2) is 22.4 Å². The Morgan fingerprint density at radius 2 is 2.12 bits per heavy atom. The van der Waals surface area contributed by atoms with Crippen molar-refractivity contribution >= 4 is 5.69 Å². The summed E-state index contributed by atoms with van der Waals surface area (Å²) in [5.74, 6) is 0. The summed E-state index contributed by atoms with van der Waals surface area (Å²) in [5.41, 5.74) is 1.33. The van der Waals surface area contributed by atoms with Gasteiger partial charge < -0.3 is 0 Å². The summed E-state index contributed by atoms with van der Waals surface area (Å²) in [4.78, 5) is 12.7. The predicted octanol–water partition coefficient (Wildman–Crippen LogP) is 2.97. The third-order valence-electron chi connectivity index (χ3n) is 3.50. The second-order valence-electron chi connectivity index (χ2n) is 4.60. The molecule has 2 rings (SSSR count). The molecule has 4 nitrogen and oxygen atoms in total. The van der Waals surface area contributed by atoms with Gasteiger partial charge in [0, 0.05) is 24.7 Å². The largest absolute Gasteiger partial charge is 0.296 e. The van der Waals surface area contributed by atoms with Crippen LogP contribution in [0.4, 0.5) is 5.69 Å². The summed E-state index contributed by atoms with van der Waals surface area (Å²) in [5, 5.41) is 10.6. The van der Waals surface area contributed by atoms with E-state index in [1.54, 1.807) is 12.1 Å². The number of nitro benzene ring substituents is 1. The van der Waals surface area contributed by atoms with Crippen molar-refractivity contribution in [1.82, 2.24) is 4.90 Å². The lowest BCUT2D eigenvalue weighted by atomic mass is 10.1. The lowest BCUT2D eigenvalue weighted by Crippen LogP contribution is -2.28. The van der Waals surface area contributed by atoms with Gasteiger partial charge in [0.05, 0.1) is 4.92 Å². The number of likely N-dealkylation sites (tertiary alicyclic amines) is 1. The molecule has 0 N–H and O–H groups in total. The number of rotatable bonds is 4. The molecule has 1 saturated heterocycles. The molecule has 0 saturated carbocycles. The molecule has 1 aromatic carbocycles. The molecular weight excluding hydrogens is 216 g/mol. The second kappa shape index (κ2) is 5.27. The van der Waals surface area contributed by atoms with Crippen LogP contribution in [0.2, 0.25) is 0 Å². The van der Waals surface area contributed by atoms with Crippen molar-refractivity contribution in [2.75, 3.05) is 6.54 Å². The molecule has 17 heavy (non-hydrogen) atoms. The third kappa shape index (κ3) is 2.82. The van der Waals surface area contributed by atoms with Gasteiger partial charge in [0.1, 0.15) is 0 Å². The fourth-order valence-electron chi connectivity index (χ4n) is 2.52. The molecule has 0 spiro atoms. The number of benzene rings is 1. The van der Waals surface area contributed by atoms with Crippen molar-refractivity contribution in [3.63, 3.8) is 0 Å². The van der Waals surface area contributed by atoms with Crippen LogP contribution in [0.5, 0.6) is 0 Å². The first kappa shape index (κ1) is 12.0. The maximum atomic E-state index is 10.6. The number of nitro groups is 1. The van der Waals surface area contributed by atoms with Crippen LogP contribution in [0.15, 0.2) is 24.3 Å². The maximum absolute atomic E-state index is 10.6. The Hall–Kier alpha value is -1.42. The van der Waals surface area contributed by atoms with Gasteiger partial charge in [-0.15, -0.1) is 0 Å². The molecule has 0 radical (unpaired) electrons. The highest BCUT2D eigenvalue weighted by Crippen LogP contribution is 2.22. The quantitative estimate of drug-likeness (QED) is 0.594. The van der Waals surface area contributed by atoms with E-state index in [-0.39, 0.29) is 10.6 Å². The molecule has 1 atom stereocenters. The van der Waals surface area contributed by atoms with E-state index in [0.29, 0.717) is 6.04 Å². The van der Waals surface area contributed by atoms with E-state index in [9.17, 15) is 10.1 Å². The number of hydrogen-bond donors (Lipinski definition) is 0. The molecule has 1 fully saturated rings. The fraction of sp³-hybridized carbons (Fsp3) is 0.538. The molecule has 0 unspecified atom stereocenters. The van der Waals surface area contributed by atoms with Gasteiger partial charge >= 0.3 is 0 Å². The molecule has 1 aliphatic heterocycles. The third-order valence-corrected chi connectivity index (χ3v) is 3.50. The topological polar surface area (TPSA) is 46.4 Å². The first-order valence-electron chi connectivity index (χ1n) is 6.18. The molecule has 1 aliphatic rings. The van der Waals surface area contributed by atoms with Crippen LogP contribution in [0, 0.1) is 10.1 Å².